The second-order valence-electron chi connectivity index (χ2n) is 2.60. The summed E-state index contributed by atoms with van der Waals surface area (Å²) >= 11 is 0. The Hall–Kier alpha value is -2.31. The topological polar surface area (TPSA) is 105 Å². The number of nitro benzene ring substituents is 1. The molecule has 7 nitrogen and oxygen atoms in total. The van der Waals surface area contributed by atoms with Gasteiger partial charge < -0.3 is 5.11 Å². The minimum Gasteiger partial charge on any atom is -0.478 e. The molecule has 0 radical (unpaired) electrons. The molecular weight excluding hydrogens is 202 g/mol. The van der Waals surface area contributed by atoms with Gasteiger partial charge in [-0.25, -0.2) is 4.79 Å². The first kappa shape index (κ1) is 10.8. The van der Waals surface area contributed by atoms with Gasteiger partial charge in [0.05, 0.1) is 16.2 Å². The second-order valence-corrected chi connectivity index (χ2v) is 2.60. The van der Waals surface area contributed by atoms with Crippen LogP contribution in [0.3, 0.4) is 0 Å². The number of aromatic carboxylic acids is 1. The number of hydrogen-bond acceptors (Lipinski definition) is 5. The fraction of sp³-hybridized carbons (Fsp3) is 0.125. The van der Waals surface area contributed by atoms with E-state index < -0.39 is 10.9 Å². The molecule has 1 aromatic rings. The Balaban J connectivity index is 3.32. The Morgan fingerprint density at radius 3 is 2.60 bits per heavy atom. The number of nitro groups is 1. The predicted octanol–water partition coefficient (Wildman–Crippen LogP) is 2.01. The maximum absolute atomic E-state index is 10.6. The van der Waals surface area contributed by atoms with Gasteiger partial charge in [-0.05, 0) is 6.07 Å². The van der Waals surface area contributed by atoms with Crippen LogP contribution in [0.2, 0.25) is 0 Å². The van der Waals surface area contributed by atoms with Crippen LogP contribution in [0.5, 0.6) is 0 Å². The molecule has 0 heterocycles. The lowest BCUT2D eigenvalue weighted by atomic mass is 10.2. The summed E-state index contributed by atoms with van der Waals surface area (Å²) in [6.45, 7) is 0. The number of carboxylic acids is 1. The van der Waals surface area contributed by atoms with Crippen molar-refractivity contribution < 1.29 is 14.8 Å². The van der Waals surface area contributed by atoms with Crippen molar-refractivity contribution in [3.8, 4) is 0 Å². The molecule has 1 rings (SSSR count). The van der Waals surface area contributed by atoms with Crippen molar-refractivity contribution >= 4 is 17.3 Å². The largest absolute Gasteiger partial charge is 0.478 e. The first-order valence-corrected chi connectivity index (χ1v) is 3.87. The molecule has 7 heteroatoms. The third-order valence-corrected chi connectivity index (χ3v) is 1.58. The van der Waals surface area contributed by atoms with Crippen molar-refractivity contribution in [1.82, 2.24) is 0 Å². The quantitative estimate of drug-likeness (QED) is 0.466. The van der Waals surface area contributed by atoms with Crippen LogP contribution in [0, 0.1) is 10.1 Å². The zero-order valence-corrected chi connectivity index (χ0v) is 7.75. The zero-order valence-electron chi connectivity index (χ0n) is 7.75. The number of non-ortho nitro benzene ring substituents is 1. The van der Waals surface area contributed by atoms with Crippen molar-refractivity contribution in [2.45, 2.75) is 0 Å². The van der Waals surface area contributed by atoms with Crippen LogP contribution in [0.15, 0.2) is 28.4 Å². The molecule has 0 aliphatic rings. The third-order valence-electron chi connectivity index (χ3n) is 1.58. The molecule has 15 heavy (non-hydrogen) atoms. The molecule has 0 fully saturated rings. The van der Waals surface area contributed by atoms with Gasteiger partial charge in [0.2, 0.25) is 0 Å². The Labute approximate surface area is 84.2 Å². The first-order valence-electron chi connectivity index (χ1n) is 3.87. The van der Waals surface area contributed by atoms with E-state index in [1.165, 1.54) is 13.1 Å². The number of hydrogen-bond donors (Lipinski definition) is 1. The van der Waals surface area contributed by atoms with Gasteiger partial charge in [-0.15, -0.1) is 0 Å². The number of carbonyl (C=O) groups is 1. The van der Waals surface area contributed by atoms with E-state index in [4.69, 9.17) is 5.11 Å². The fourth-order valence-corrected chi connectivity index (χ4v) is 0.997. The molecule has 0 atom stereocenters. The minimum absolute atomic E-state index is 0.143. The third kappa shape index (κ3) is 2.56. The monoisotopic (exact) mass is 209 g/mol. The van der Waals surface area contributed by atoms with Crippen LogP contribution < -0.4 is 0 Å². The van der Waals surface area contributed by atoms with Crippen LogP contribution in [-0.4, -0.2) is 23.0 Å². The van der Waals surface area contributed by atoms with Gasteiger partial charge in [-0.3, -0.25) is 10.1 Å². The van der Waals surface area contributed by atoms with Crippen molar-refractivity contribution in [1.29, 1.82) is 0 Å². The Kier molecular flexibility index (Phi) is 3.06. The predicted molar refractivity (Wildman–Crippen MR) is 50.5 cm³/mol. The summed E-state index contributed by atoms with van der Waals surface area (Å²) in [5.74, 6) is -1.24. The Morgan fingerprint density at radius 2 is 2.13 bits per heavy atom. The highest BCUT2D eigenvalue weighted by molar-refractivity contribution is 5.89. The number of carboxylic acid groups (broad SMARTS) is 1. The molecule has 0 unspecified atom stereocenters. The number of benzene rings is 1. The van der Waals surface area contributed by atoms with Crippen LogP contribution >= 0.6 is 0 Å². The molecule has 78 valence electrons. The molecule has 0 aliphatic carbocycles. The van der Waals surface area contributed by atoms with Crippen molar-refractivity contribution in [2.24, 2.45) is 10.2 Å². The van der Waals surface area contributed by atoms with Crippen molar-refractivity contribution in [3.05, 3.63) is 33.9 Å². The molecule has 1 aromatic carbocycles. The second kappa shape index (κ2) is 4.27. The Morgan fingerprint density at radius 1 is 1.47 bits per heavy atom. The molecular formula is C8H7N3O4. The minimum atomic E-state index is -1.24. The van der Waals surface area contributed by atoms with Crippen LogP contribution in [0.1, 0.15) is 10.4 Å². The number of nitrogens with zero attached hydrogens (tertiary/aromatic N) is 3. The van der Waals surface area contributed by atoms with Crippen molar-refractivity contribution in [3.63, 3.8) is 0 Å². The summed E-state index contributed by atoms with van der Waals surface area (Å²) in [6.07, 6.45) is 0. The van der Waals surface area contributed by atoms with E-state index in [2.05, 4.69) is 10.2 Å². The number of azo groups is 1. The molecule has 1 N–H and O–H groups in total. The summed E-state index contributed by atoms with van der Waals surface area (Å²) in [7, 11) is 1.39. The van der Waals surface area contributed by atoms with Gasteiger partial charge >= 0.3 is 5.97 Å². The summed E-state index contributed by atoms with van der Waals surface area (Å²) in [4.78, 5) is 20.4. The summed E-state index contributed by atoms with van der Waals surface area (Å²) < 4.78 is 0. The van der Waals surface area contributed by atoms with Gasteiger partial charge in [-0.1, -0.05) is 0 Å². The van der Waals surface area contributed by atoms with E-state index in [9.17, 15) is 14.9 Å². The lowest BCUT2D eigenvalue weighted by Gasteiger charge is -1.97. The van der Waals surface area contributed by atoms with Gasteiger partial charge in [0, 0.05) is 19.2 Å². The molecule has 0 saturated carbocycles. The normalized spacial score (nSPS) is 10.5. The van der Waals surface area contributed by atoms with E-state index in [-0.39, 0.29) is 16.9 Å². The molecule has 0 aromatic heterocycles. The van der Waals surface area contributed by atoms with Crippen LogP contribution in [0.25, 0.3) is 0 Å². The van der Waals surface area contributed by atoms with Crippen LogP contribution in [0.4, 0.5) is 11.4 Å². The SMILES string of the molecule is CN=Nc1cc(C(=O)O)cc([N+](=O)[O-])c1. The van der Waals surface area contributed by atoms with Gasteiger partial charge in [0.1, 0.15) is 0 Å². The van der Waals surface area contributed by atoms with Gasteiger partial charge in [0.15, 0.2) is 0 Å². The highest BCUT2D eigenvalue weighted by atomic mass is 16.6. The van der Waals surface area contributed by atoms with Gasteiger partial charge in [-0.2, -0.15) is 10.2 Å². The van der Waals surface area contributed by atoms with E-state index in [1.54, 1.807) is 0 Å². The summed E-state index contributed by atoms with van der Waals surface area (Å²) in [6, 6.07) is 3.33. The lowest BCUT2D eigenvalue weighted by molar-refractivity contribution is -0.384. The molecule has 0 bridgehead atoms. The molecule has 0 aliphatic heterocycles. The van der Waals surface area contributed by atoms with Crippen LogP contribution in [-0.2, 0) is 0 Å². The zero-order chi connectivity index (χ0) is 11.4. The summed E-state index contributed by atoms with van der Waals surface area (Å²) in [5, 5.41) is 26.1. The molecule has 0 saturated heterocycles. The van der Waals surface area contributed by atoms with E-state index >= 15 is 0 Å². The van der Waals surface area contributed by atoms with Gasteiger partial charge in [0.25, 0.3) is 5.69 Å². The van der Waals surface area contributed by atoms with E-state index in [0.717, 1.165) is 12.1 Å². The first-order chi connectivity index (χ1) is 7.04. The Bertz CT molecular complexity index is 409. The summed E-state index contributed by atoms with van der Waals surface area (Å²) in [5.41, 5.74) is -0.368. The number of rotatable bonds is 3. The smallest absolute Gasteiger partial charge is 0.336 e. The standard InChI is InChI=1S/C8H7N3O4/c1-9-10-6-2-5(8(12)13)3-7(4-6)11(14)15/h2-4H,1H3,(H,12,13). The van der Waals surface area contributed by atoms with E-state index in [0.29, 0.717) is 0 Å². The average Bonchev–Trinajstić information content (AvgIpc) is 2.17. The lowest BCUT2D eigenvalue weighted by Crippen LogP contribution is -1.97. The maximum atomic E-state index is 10.6. The average molecular weight is 209 g/mol. The van der Waals surface area contributed by atoms with Crippen molar-refractivity contribution in [2.75, 3.05) is 7.05 Å². The maximum Gasteiger partial charge on any atom is 0.336 e. The molecule has 0 spiro atoms. The van der Waals surface area contributed by atoms with E-state index in [1.807, 2.05) is 0 Å². The molecule has 0 amide bonds. The highest BCUT2D eigenvalue weighted by Gasteiger charge is 2.13. The fourth-order valence-electron chi connectivity index (χ4n) is 0.997. The highest BCUT2D eigenvalue weighted by Crippen LogP contribution is 2.23.